The highest BCUT2D eigenvalue weighted by molar-refractivity contribution is 6.06. The van der Waals surface area contributed by atoms with Crippen molar-refractivity contribution in [3.63, 3.8) is 0 Å². The topological polar surface area (TPSA) is 114 Å². The quantitative estimate of drug-likeness (QED) is 0.676. The van der Waals surface area contributed by atoms with Crippen molar-refractivity contribution in [1.82, 2.24) is 20.4 Å². The Bertz CT molecular complexity index is 838. The van der Waals surface area contributed by atoms with E-state index in [0.29, 0.717) is 29.8 Å². The molecule has 3 N–H and O–H groups in total. The van der Waals surface area contributed by atoms with Crippen LogP contribution in [0.4, 0.5) is 0 Å². The number of rotatable bonds is 7. The van der Waals surface area contributed by atoms with Crippen LogP contribution < -0.4 is 11.1 Å². The standard InChI is InChI=1S/C24H36N6O2/c1-30-22(32)24(29-23(30)25,12-10-17-6-3-2-4-7-17)15-18-8-5-9-20(14-18)28-21(31)19-11-13-26-27-16-19/h11,13,16-18,20H,2-10,12,14-15H2,1H3,(H2,25,29)(H,28,31)/t18-,20?,24+/m0/s1. The highest BCUT2D eigenvalue weighted by atomic mass is 16.2. The van der Waals surface area contributed by atoms with Crippen LogP contribution in [-0.4, -0.2) is 51.5 Å². The van der Waals surface area contributed by atoms with Gasteiger partial charge in [-0.1, -0.05) is 44.9 Å². The molecule has 3 atom stereocenters. The van der Waals surface area contributed by atoms with Gasteiger partial charge in [-0.25, -0.2) is 4.99 Å². The molecule has 2 heterocycles. The van der Waals surface area contributed by atoms with Gasteiger partial charge in [0.25, 0.3) is 11.8 Å². The summed E-state index contributed by atoms with van der Waals surface area (Å²) in [4.78, 5) is 32.1. The van der Waals surface area contributed by atoms with E-state index in [2.05, 4.69) is 15.5 Å². The number of carbonyl (C=O) groups is 2. The van der Waals surface area contributed by atoms with Crippen molar-refractivity contribution in [2.75, 3.05) is 7.05 Å². The van der Waals surface area contributed by atoms with Crippen molar-refractivity contribution in [3.05, 3.63) is 24.0 Å². The van der Waals surface area contributed by atoms with Gasteiger partial charge in [0, 0.05) is 13.1 Å². The zero-order valence-corrected chi connectivity index (χ0v) is 19.1. The fourth-order valence-corrected chi connectivity index (χ4v) is 5.85. The molecule has 32 heavy (non-hydrogen) atoms. The lowest BCUT2D eigenvalue weighted by Gasteiger charge is -2.35. The van der Waals surface area contributed by atoms with E-state index in [1.807, 2.05) is 0 Å². The predicted octanol–water partition coefficient (Wildman–Crippen LogP) is 3.04. The van der Waals surface area contributed by atoms with Crippen LogP contribution in [0.15, 0.2) is 23.5 Å². The number of carbonyl (C=O) groups excluding carboxylic acids is 2. The Kier molecular flexibility index (Phi) is 7.06. The molecule has 0 bridgehead atoms. The molecular formula is C24H36N6O2. The minimum absolute atomic E-state index is 0.0415. The van der Waals surface area contributed by atoms with Gasteiger partial charge in [0.2, 0.25) is 0 Å². The van der Waals surface area contributed by atoms with Crippen molar-refractivity contribution in [1.29, 1.82) is 0 Å². The largest absolute Gasteiger partial charge is 0.369 e. The number of nitrogens with two attached hydrogens (primary N) is 1. The highest BCUT2D eigenvalue weighted by Crippen LogP contribution is 2.40. The smallest absolute Gasteiger partial charge is 0.257 e. The molecular weight excluding hydrogens is 404 g/mol. The van der Waals surface area contributed by atoms with Gasteiger partial charge >= 0.3 is 0 Å². The van der Waals surface area contributed by atoms with Crippen LogP contribution in [0.3, 0.4) is 0 Å². The summed E-state index contributed by atoms with van der Waals surface area (Å²) in [5.41, 5.74) is 5.89. The van der Waals surface area contributed by atoms with Gasteiger partial charge in [0.1, 0.15) is 5.54 Å². The Labute approximate surface area is 190 Å². The first-order chi connectivity index (χ1) is 15.5. The van der Waals surface area contributed by atoms with Crippen LogP contribution in [0, 0.1) is 11.8 Å². The monoisotopic (exact) mass is 440 g/mol. The number of likely N-dealkylation sites (N-methyl/N-ethyl adjacent to an activating group) is 1. The number of amides is 2. The van der Waals surface area contributed by atoms with E-state index in [0.717, 1.165) is 38.5 Å². The summed E-state index contributed by atoms with van der Waals surface area (Å²) in [6.07, 6.45) is 15.9. The normalized spacial score (nSPS) is 29.1. The van der Waals surface area contributed by atoms with Crippen LogP contribution in [-0.2, 0) is 4.79 Å². The third-order valence-corrected chi connectivity index (χ3v) is 7.66. The van der Waals surface area contributed by atoms with Crippen molar-refractivity contribution in [2.24, 2.45) is 22.6 Å². The number of guanidine groups is 1. The van der Waals surface area contributed by atoms with Crippen LogP contribution >= 0.6 is 0 Å². The van der Waals surface area contributed by atoms with E-state index in [4.69, 9.17) is 10.7 Å². The summed E-state index contributed by atoms with van der Waals surface area (Å²) < 4.78 is 0. The van der Waals surface area contributed by atoms with Gasteiger partial charge < -0.3 is 11.1 Å². The van der Waals surface area contributed by atoms with Crippen LogP contribution in [0.25, 0.3) is 0 Å². The SMILES string of the molecule is CN1C(=O)[C@@](CCC2CCCCC2)(C[C@H]2CCCC(NC(=O)c3ccnnc3)C2)N=C1N. The van der Waals surface area contributed by atoms with Crippen molar-refractivity contribution in [2.45, 2.75) is 88.6 Å². The number of hydrogen-bond donors (Lipinski definition) is 2. The van der Waals surface area contributed by atoms with E-state index >= 15 is 0 Å². The Balaban J connectivity index is 1.41. The van der Waals surface area contributed by atoms with Crippen molar-refractivity contribution < 1.29 is 9.59 Å². The van der Waals surface area contributed by atoms with E-state index in [1.165, 1.54) is 49.4 Å². The first-order valence-electron chi connectivity index (χ1n) is 12.2. The van der Waals surface area contributed by atoms with Crippen LogP contribution in [0.5, 0.6) is 0 Å². The Hall–Kier alpha value is -2.51. The van der Waals surface area contributed by atoms with Gasteiger partial charge in [0.05, 0.1) is 18.0 Å². The molecule has 4 rings (SSSR count). The molecule has 1 aromatic heterocycles. The number of nitrogens with zero attached hydrogens (tertiary/aromatic N) is 4. The van der Waals surface area contributed by atoms with Gasteiger partial charge in [-0.05, 0) is 50.0 Å². The summed E-state index contributed by atoms with van der Waals surface area (Å²) in [6, 6.07) is 1.77. The summed E-state index contributed by atoms with van der Waals surface area (Å²) >= 11 is 0. The first kappa shape index (κ1) is 22.7. The molecule has 174 valence electrons. The minimum Gasteiger partial charge on any atom is -0.369 e. The summed E-state index contributed by atoms with van der Waals surface area (Å²) in [5, 5.41) is 10.7. The average molecular weight is 441 g/mol. The Morgan fingerprint density at radius 3 is 2.62 bits per heavy atom. The summed E-state index contributed by atoms with van der Waals surface area (Å²) in [6.45, 7) is 0. The lowest BCUT2D eigenvalue weighted by molar-refractivity contribution is -0.131. The second-order valence-corrected chi connectivity index (χ2v) is 9.95. The predicted molar refractivity (Wildman–Crippen MR) is 123 cm³/mol. The maximum Gasteiger partial charge on any atom is 0.257 e. The molecule has 2 fully saturated rings. The lowest BCUT2D eigenvalue weighted by Crippen LogP contribution is -2.45. The molecule has 3 aliphatic rings. The van der Waals surface area contributed by atoms with E-state index in [1.54, 1.807) is 13.1 Å². The van der Waals surface area contributed by atoms with E-state index in [9.17, 15) is 9.59 Å². The molecule has 0 spiro atoms. The molecule has 0 saturated heterocycles. The fourth-order valence-electron chi connectivity index (χ4n) is 5.85. The second kappa shape index (κ2) is 9.96. The molecule has 8 nitrogen and oxygen atoms in total. The molecule has 2 saturated carbocycles. The maximum absolute atomic E-state index is 13.3. The van der Waals surface area contributed by atoms with Gasteiger partial charge in [0.15, 0.2) is 5.96 Å². The molecule has 1 aromatic rings. The second-order valence-electron chi connectivity index (χ2n) is 9.95. The number of aliphatic imine (C=N–C) groups is 1. The molecule has 2 aliphatic carbocycles. The number of aromatic nitrogens is 2. The van der Waals surface area contributed by atoms with Gasteiger partial charge in [-0.3, -0.25) is 14.5 Å². The Morgan fingerprint density at radius 2 is 1.94 bits per heavy atom. The Morgan fingerprint density at radius 1 is 1.16 bits per heavy atom. The highest BCUT2D eigenvalue weighted by Gasteiger charge is 2.48. The molecule has 1 aliphatic heterocycles. The van der Waals surface area contributed by atoms with Crippen LogP contribution in [0.2, 0.25) is 0 Å². The van der Waals surface area contributed by atoms with E-state index in [-0.39, 0.29) is 17.9 Å². The number of hydrogen-bond acceptors (Lipinski definition) is 6. The molecule has 0 aromatic carbocycles. The summed E-state index contributed by atoms with van der Waals surface area (Å²) in [5.74, 6) is 1.30. The zero-order valence-electron chi connectivity index (χ0n) is 19.1. The third kappa shape index (κ3) is 5.10. The maximum atomic E-state index is 13.3. The first-order valence-corrected chi connectivity index (χ1v) is 12.2. The van der Waals surface area contributed by atoms with Crippen molar-refractivity contribution >= 4 is 17.8 Å². The average Bonchev–Trinajstić information content (AvgIpc) is 3.03. The van der Waals surface area contributed by atoms with Gasteiger partial charge in [-0.15, -0.1) is 0 Å². The van der Waals surface area contributed by atoms with Crippen LogP contribution in [0.1, 0.15) is 87.4 Å². The molecule has 2 amide bonds. The van der Waals surface area contributed by atoms with Crippen molar-refractivity contribution in [3.8, 4) is 0 Å². The molecule has 0 radical (unpaired) electrons. The van der Waals surface area contributed by atoms with E-state index < -0.39 is 5.54 Å². The molecule has 1 unspecified atom stereocenters. The van der Waals surface area contributed by atoms with Gasteiger partial charge in [-0.2, -0.15) is 10.2 Å². The number of nitrogens with one attached hydrogen (secondary N) is 1. The minimum atomic E-state index is -0.734. The lowest BCUT2D eigenvalue weighted by atomic mass is 9.74. The molecule has 8 heteroatoms. The zero-order chi connectivity index (χ0) is 22.6. The third-order valence-electron chi connectivity index (χ3n) is 7.66. The fraction of sp³-hybridized carbons (Fsp3) is 0.708. The summed E-state index contributed by atoms with van der Waals surface area (Å²) in [7, 11) is 1.73.